The maximum absolute atomic E-state index is 13.8. The van der Waals surface area contributed by atoms with Gasteiger partial charge in [-0.05, 0) is 53.9 Å². The molecule has 1 heterocycles. The van der Waals surface area contributed by atoms with E-state index in [9.17, 15) is 22.7 Å². The molecule has 0 aliphatic rings. The minimum Gasteiger partial charge on any atom is -0.481 e. The largest absolute Gasteiger partial charge is 0.481 e. The smallest absolute Gasteiger partial charge is 0.307 e. The zero-order chi connectivity index (χ0) is 21.5. The number of nitrogens with zero attached hydrogens (tertiary/aromatic N) is 1. The van der Waals surface area contributed by atoms with Gasteiger partial charge in [0.1, 0.15) is 5.82 Å². The lowest BCUT2D eigenvalue weighted by Crippen LogP contribution is -2.15. The van der Waals surface area contributed by atoms with Crippen LogP contribution in [0.3, 0.4) is 0 Å². The number of aromatic nitrogens is 1. The molecule has 4 rings (SSSR count). The number of benzene rings is 3. The molecule has 0 aliphatic heterocycles. The zero-order valence-corrected chi connectivity index (χ0v) is 16.9. The van der Waals surface area contributed by atoms with Crippen LogP contribution < -0.4 is 0 Å². The summed E-state index contributed by atoms with van der Waals surface area (Å²) in [5.41, 5.74) is 2.62. The molecule has 5 nitrogen and oxygen atoms in total. The molecule has 3 aromatic carbocycles. The molecule has 0 unspecified atom stereocenters. The van der Waals surface area contributed by atoms with Crippen molar-refractivity contribution in [1.82, 2.24) is 3.97 Å². The van der Waals surface area contributed by atoms with E-state index in [1.807, 2.05) is 30.3 Å². The van der Waals surface area contributed by atoms with Gasteiger partial charge in [0.15, 0.2) is 0 Å². The lowest BCUT2D eigenvalue weighted by Gasteiger charge is -2.11. The Morgan fingerprint density at radius 1 is 0.967 bits per heavy atom. The highest BCUT2D eigenvalue weighted by Gasteiger charge is 2.26. The first kappa shape index (κ1) is 19.8. The van der Waals surface area contributed by atoms with Gasteiger partial charge in [-0.15, -0.1) is 0 Å². The summed E-state index contributed by atoms with van der Waals surface area (Å²) in [6.07, 6.45) is -0.402. The van der Waals surface area contributed by atoms with Crippen molar-refractivity contribution in [1.29, 1.82) is 0 Å². The van der Waals surface area contributed by atoms with E-state index < -0.39 is 28.2 Å². The minimum absolute atomic E-state index is 0.0633. The second kappa shape index (κ2) is 7.42. The minimum atomic E-state index is -4.02. The van der Waals surface area contributed by atoms with Crippen LogP contribution in [0.15, 0.2) is 77.7 Å². The van der Waals surface area contributed by atoms with Crippen molar-refractivity contribution in [3.63, 3.8) is 0 Å². The van der Waals surface area contributed by atoms with Gasteiger partial charge in [0.05, 0.1) is 16.8 Å². The Labute approximate surface area is 173 Å². The van der Waals surface area contributed by atoms with Crippen LogP contribution in [0, 0.1) is 12.7 Å². The van der Waals surface area contributed by atoms with E-state index in [0.29, 0.717) is 0 Å². The number of hydrogen-bond acceptors (Lipinski definition) is 3. The van der Waals surface area contributed by atoms with Crippen LogP contribution >= 0.6 is 0 Å². The lowest BCUT2D eigenvalue weighted by molar-refractivity contribution is -0.136. The van der Waals surface area contributed by atoms with Crippen LogP contribution in [-0.2, 0) is 21.2 Å². The highest BCUT2D eigenvalue weighted by atomic mass is 32.2. The van der Waals surface area contributed by atoms with Crippen LogP contribution in [0.2, 0.25) is 0 Å². The van der Waals surface area contributed by atoms with Gasteiger partial charge in [-0.1, -0.05) is 42.5 Å². The van der Waals surface area contributed by atoms with Crippen LogP contribution in [0.1, 0.15) is 11.3 Å². The predicted octanol–water partition coefficient (Wildman–Crippen LogP) is 4.62. The lowest BCUT2D eigenvalue weighted by atomic mass is 10.1. The fourth-order valence-electron chi connectivity index (χ4n) is 3.66. The van der Waals surface area contributed by atoms with Crippen molar-refractivity contribution < 1.29 is 22.7 Å². The highest BCUT2D eigenvalue weighted by Crippen LogP contribution is 2.31. The molecule has 30 heavy (non-hydrogen) atoms. The normalized spacial score (nSPS) is 11.7. The Morgan fingerprint density at radius 3 is 2.23 bits per heavy atom. The average Bonchev–Trinajstić information content (AvgIpc) is 3.00. The van der Waals surface area contributed by atoms with E-state index >= 15 is 0 Å². The predicted molar refractivity (Wildman–Crippen MR) is 112 cm³/mol. The third-order valence-electron chi connectivity index (χ3n) is 5.07. The Hall–Kier alpha value is -3.45. The van der Waals surface area contributed by atoms with Crippen LogP contribution in [0.25, 0.3) is 22.0 Å². The van der Waals surface area contributed by atoms with Gasteiger partial charge < -0.3 is 5.11 Å². The number of halogens is 1. The van der Waals surface area contributed by atoms with Crippen molar-refractivity contribution in [3.05, 3.63) is 89.9 Å². The summed E-state index contributed by atoms with van der Waals surface area (Å²) in [4.78, 5) is 11.4. The molecule has 0 atom stereocenters. The number of carboxylic acid groups (broad SMARTS) is 1. The van der Waals surface area contributed by atoms with Crippen molar-refractivity contribution in [2.24, 2.45) is 0 Å². The SMILES string of the molecule is Cc1c(CC(=O)O)c2cc(F)ccc2n1S(=O)(=O)c1ccc(-c2ccccc2)cc1. The van der Waals surface area contributed by atoms with Gasteiger partial charge in [0.25, 0.3) is 10.0 Å². The third kappa shape index (κ3) is 3.37. The van der Waals surface area contributed by atoms with Crippen molar-refractivity contribution in [2.75, 3.05) is 0 Å². The van der Waals surface area contributed by atoms with Crippen LogP contribution in [0.4, 0.5) is 4.39 Å². The number of carbonyl (C=O) groups is 1. The molecule has 7 heteroatoms. The monoisotopic (exact) mass is 423 g/mol. The average molecular weight is 423 g/mol. The van der Waals surface area contributed by atoms with E-state index in [0.717, 1.165) is 21.2 Å². The van der Waals surface area contributed by atoms with Crippen molar-refractivity contribution >= 4 is 26.9 Å². The van der Waals surface area contributed by atoms with E-state index in [1.165, 1.54) is 31.2 Å². The topological polar surface area (TPSA) is 76.4 Å². The number of aliphatic carboxylic acids is 1. The summed E-state index contributed by atoms with van der Waals surface area (Å²) in [7, 11) is -4.02. The Balaban J connectivity index is 1.87. The number of hydrogen-bond donors (Lipinski definition) is 1. The number of rotatable bonds is 5. The van der Waals surface area contributed by atoms with Crippen molar-refractivity contribution in [2.45, 2.75) is 18.2 Å². The molecule has 0 spiro atoms. The fourth-order valence-corrected chi connectivity index (χ4v) is 5.24. The maximum atomic E-state index is 13.8. The first-order chi connectivity index (χ1) is 14.3. The third-order valence-corrected chi connectivity index (χ3v) is 6.89. The maximum Gasteiger partial charge on any atom is 0.307 e. The zero-order valence-electron chi connectivity index (χ0n) is 16.0. The molecule has 0 amide bonds. The Kier molecular flexibility index (Phi) is 4.91. The number of fused-ring (bicyclic) bond motifs is 1. The highest BCUT2D eigenvalue weighted by molar-refractivity contribution is 7.90. The van der Waals surface area contributed by atoms with Gasteiger partial charge >= 0.3 is 5.97 Å². The van der Waals surface area contributed by atoms with Gasteiger partial charge in [0, 0.05) is 11.1 Å². The Morgan fingerprint density at radius 2 is 1.60 bits per heavy atom. The fraction of sp³-hybridized carbons (Fsp3) is 0.0870. The molecule has 152 valence electrons. The number of carboxylic acids is 1. The van der Waals surface area contributed by atoms with Gasteiger partial charge in [0.2, 0.25) is 0 Å². The molecule has 0 saturated heterocycles. The molecule has 0 radical (unpaired) electrons. The first-order valence-corrected chi connectivity index (χ1v) is 10.7. The standard InChI is InChI=1S/C23H18FNO4S/c1-15-20(14-23(26)27)21-13-18(24)9-12-22(21)25(15)30(28,29)19-10-7-17(8-11-19)16-5-3-2-4-6-16/h2-13H,14H2,1H3,(H,26,27). The molecular weight excluding hydrogens is 405 g/mol. The molecule has 1 aromatic heterocycles. The van der Waals surface area contributed by atoms with Crippen LogP contribution in [-0.4, -0.2) is 23.5 Å². The molecule has 0 bridgehead atoms. The van der Waals surface area contributed by atoms with Gasteiger partial charge in [-0.25, -0.2) is 16.8 Å². The summed E-state index contributed by atoms with van der Waals surface area (Å²) < 4.78 is 41.8. The first-order valence-electron chi connectivity index (χ1n) is 9.21. The summed E-state index contributed by atoms with van der Waals surface area (Å²) in [6, 6.07) is 19.7. The second-order valence-corrected chi connectivity index (χ2v) is 8.74. The van der Waals surface area contributed by atoms with Gasteiger partial charge in [-0.2, -0.15) is 0 Å². The quantitative estimate of drug-likeness (QED) is 0.508. The molecule has 4 aromatic rings. The molecule has 0 aliphatic carbocycles. The molecule has 1 N–H and O–H groups in total. The van der Waals surface area contributed by atoms with E-state index in [4.69, 9.17) is 0 Å². The van der Waals surface area contributed by atoms with Crippen LogP contribution in [0.5, 0.6) is 0 Å². The summed E-state index contributed by atoms with van der Waals surface area (Å²) in [5.74, 6) is -1.68. The molecular formula is C23H18FNO4S. The second-order valence-electron chi connectivity index (χ2n) is 6.96. The summed E-state index contributed by atoms with van der Waals surface area (Å²) >= 11 is 0. The summed E-state index contributed by atoms with van der Waals surface area (Å²) in [6.45, 7) is 1.53. The Bertz CT molecular complexity index is 1360. The van der Waals surface area contributed by atoms with E-state index in [1.54, 1.807) is 12.1 Å². The summed E-state index contributed by atoms with van der Waals surface area (Å²) in [5, 5.41) is 9.51. The van der Waals surface area contributed by atoms with E-state index in [-0.39, 0.29) is 27.1 Å². The van der Waals surface area contributed by atoms with Crippen molar-refractivity contribution in [3.8, 4) is 11.1 Å². The van der Waals surface area contributed by atoms with E-state index in [2.05, 4.69) is 0 Å². The van der Waals surface area contributed by atoms with Gasteiger partial charge in [-0.3, -0.25) is 4.79 Å². The molecule has 0 fully saturated rings. The molecule has 0 saturated carbocycles.